The molecule has 0 spiro atoms. The Morgan fingerprint density at radius 3 is 2.53 bits per heavy atom. The lowest BCUT2D eigenvalue weighted by atomic mass is 9.94. The van der Waals surface area contributed by atoms with Crippen LogP contribution in [0.3, 0.4) is 0 Å². The van der Waals surface area contributed by atoms with Gasteiger partial charge in [-0.2, -0.15) is 0 Å². The van der Waals surface area contributed by atoms with Crippen molar-refractivity contribution in [2.24, 2.45) is 0 Å². The van der Waals surface area contributed by atoms with Crippen molar-refractivity contribution in [3.63, 3.8) is 0 Å². The van der Waals surface area contributed by atoms with E-state index in [1.165, 1.54) is 22.1 Å². The van der Waals surface area contributed by atoms with E-state index in [2.05, 4.69) is 52.1 Å². The molecular weight excluding hydrogens is 234 g/mol. The van der Waals surface area contributed by atoms with Crippen molar-refractivity contribution < 1.29 is 4.42 Å². The normalized spacial score (nSPS) is 11.9. The van der Waals surface area contributed by atoms with Crippen LogP contribution in [0.5, 0.6) is 0 Å². The highest BCUT2D eigenvalue weighted by Gasteiger charge is 2.14. The topological polar surface area (TPSA) is 25.2 Å². The summed E-state index contributed by atoms with van der Waals surface area (Å²) >= 11 is 0. The van der Waals surface area contributed by atoms with E-state index < -0.39 is 0 Å². The molecule has 0 amide bonds. The second-order valence-corrected chi connectivity index (χ2v) is 5.95. The van der Waals surface area contributed by atoms with Crippen molar-refractivity contribution in [1.82, 2.24) is 5.32 Å². The van der Waals surface area contributed by atoms with Crippen LogP contribution >= 0.6 is 0 Å². The standard InChI is InChI=1S/C17H25NO/c1-11(2)15-7-6-13(5)17-16(15)14(10-19-17)8-9-18-12(3)4/h6-7,10-12,18H,8-9H2,1-5H3. The van der Waals surface area contributed by atoms with Gasteiger partial charge in [0.2, 0.25) is 0 Å². The van der Waals surface area contributed by atoms with Crippen molar-refractivity contribution in [3.05, 3.63) is 35.1 Å². The van der Waals surface area contributed by atoms with Crippen molar-refractivity contribution in [1.29, 1.82) is 0 Å². The third-order valence-corrected chi connectivity index (χ3v) is 3.60. The predicted molar refractivity (Wildman–Crippen MR) is 81.9 cm³/mol. The van der Waals surface area contributed by atoms with Crippen molar-refractivity contribution in [3.8, 4) is 0 Å². The van der Waals surface area contributed by atoms with E-state index in [4.69, 9.17) is 4.42 Å². The van der Waals surface area contributed by atoms with Crippen molar-refractivity contribution in [2.45, 2.75) is 53.0 Å². The molecule has 0 aliphatic rings. The van der Waals surface area contributed by atoms with Gasteiger partial charge < -0.3 is 9.73 Å². The Labute approximate surface area is 116 Å². The molecule has 0 radical (unpaired) electrons. The highest BCUT2D eigenvalue weighted by atomic mass is 16.3. The molecule has 1 aromatic heterocycles. The zero-order valence-corrected chi connectivity index (χ0v) is 12.7. The number of aryl methyl sites for hydroxylation is 1. The number of hydrogen-bond donors (Lipinski definition) is 1. The molecule has 0 atom stereocenters. The number of fused-ring (bicyclic) bond motifs is 1. The van der Waals surface area contributed by atoms with E-state index in [0.717, 1.165) is 18.5 Å². The summed E-state index contributed by atoms with van der Waals surface area (Å²) in [5.41, 5.74) is 5.01. The summed E-state index contributed by atoms with van der Waals surface area (Å²) in [5, 5.41) is 4.80. The Bertz CT molecular complexity index is 552. The Morgan fingerprint density at radius 1 is 1.16 bits per heavy atom. The second kappa shape index (κ2) is 5.79. The van der Waals surface area contributed by atoms with Crippen LogP contribution in [0.2, 0.25) is 0 Å². The highest BCUT2D eigenvalue weighted by Crippen LogP contribution is 2.32. The first-order chi connectivity index (χ1) is 9.00. The van der Waals surface area contributed by atoms with Gasteiger partial charge >= 0.3 is 0 Å². The summed E-state index contributed by atoms with van der Waals surface area (Å²) in [7, 11) is 0. The lowest BCUT2D eigenvalue weighted by Crippen LogP contribution is -2.24. The number of hydrogen-bond acceptors (Lipinski definition) is 2. The van der Waals surface area contributed by atoms with Gasteiger partial charge in [0.15, 0.2) is 0 Å². The zero-order chi connectivity index (χ0) is 14.0. The maximum absolute atomic E-state index is 5.80. The van der Waals surface area contributed by atoms with Gasteiger partial charge in [0.25, 0.3) is 0 Å². The molecule has 2 aromatic rings. The summed E-state index contributed by atoms with van der Waals surface area (Å²) < 4.78 is 5.80. The first kappa shape index (κ1) is 14.1. The summed E-state index contributed by atoms with van der Waals surface area (Å²) in [6.07, 6.45) is 2.96. The minimum Gasteiger partial charge on any atom is -0.464 e. The predicted octanol–water partition coefficient (Wildman–Crippen LogP) is 4.41. The van der Waals surface area contributed by atoms with Gasteiger partial charge in [0, 0.05) is 11.4 Å². The van der Waals surface area contributed by atoms with E-state index in [0.29, 0.717) is 12.0 Å². The lowest BCUT2D eigenvalue weighted by molar-refractivity contribution is 0.580. The molecule has 0 unspecified atom stereocenters. The van der Waals surface area contributed by atoms with Gasteiger partial charge in [-0.1, -0.05) is 39.8 Å². The van der Waals surface area contributed by atoms with Crippen LogP contribution in [-0.2, 0) is 6.42 Å². The molecule has 2 nitrogen and oxygen atoms in total. The van der Waals surface area contributed by atoms with E-state index >= 15 is 0 Å². The van der Waals surface area contributed by atoms with Gasteiger partial charge in [0.05, 0.1) is 6.26 Å². The first-order valence-corrected chi connectivity index (χ1v) is 7.23. The molecule has 1 aromatic carbocycles. The Balaban J connectivity index is 2.36. The number of benzene rings is 1. The molecule has 0 bridgehead atoms. The third kappa shape index (κ3) is 3.01. The molecule has 0 saturated carbocycles. The van der Waals surface area contributed by atoms with Crippen LogP contribution in [0.25, 0.3) is 11.0 Å². The Kier molecular flexibility index (Phi) is 4.31. The van der Waals surface area contributed by atoms with E-state index in [1.807, 2.05) is 6.26 Å². The fourth-order valence-corrected chi connectivity index (χ4v) is 2.53. The molecule has 0 aliphatic carbocycles. The molecule has 104 valence electrons. The van der Waals surface area contributed by atoms with E-state index in [9.17, 15) is 0 Å². The smallest absolute Gasteiger partial charge is 0.137 e. The van der Waals surface area contributed by atoms with Crippen LogP contribution in [0, 0.1) is 6.92 Å². The van der Waals surface area contributed by atoms with Crippen LogP contribution < -0.4 is 5.32 Å². The van der Waals surface area contributed by atoms with Crippen molar-refractivity contribution >= 4 is 11.0 Å². The molecule has 2 heteroatoms. The van der Waals surface area contributed by atoms with Crippen molar-refractivity contribution in [2.75, 3.05) is 6.54 Å². The van der Waals surface area contributed by atoms with Gasteiger partial charge in [-0.15, -0.1) is 0 Å². The average Bonchev–Trinajstić information content (AvgIpc) is 2.74. The molecule has 19 heavy (non-hydrogen) atoms. The summed E-state index contributed by atoms with van der Waals surface area (Å²) in [4.78, 5) is 0. The molecule has 0 fully saturated rings. The fraction of sp³-hybridized carbons (Fsp3) is 0.529. The van der Waals surface area contributed by atoms with Gasteiger partial charge in [-0.25, -0.2) is 0 Å². The van der Waals surface area contributed by atoms with Crippen LogP contribution in [0.1, 0.15) is 50.3 Å². The van der Waals surface area contributed by atoms with Crippen LogP contribution in [0.15, 0.2) is 22.8 Å². The SMILES string of the molecule is Cc1ccc(C(C)C)c2c(CCNC(C)C)coc12. The summed E-state index contributed by atoms with van der Waals surface area (Å²) in [6, 6.07) is 4.94. The number of furan rings is 1. The van der Waals surface area contributed by atoms with Crippen LogP contribution in [-0.4, -0.2) is 12.6 Å². The monoisotopic (exact) mass is 259 g/mol. The van der Waals surface area contributed by atoms with E-state index in [-0.39, 0.29) is 0 Å². The lowest BCUT2D eigenvalue weighted by Gasteiger charge is -2.11. The highest BCUT2D eigenvalue weighted by molar-refractivity contribution is 5.87. The van der Waals surface area contributed by atoms with Crippen LogP contribution in [0.4, 0.5) is 0 Å². The summed E-state index contributed by atoms with van der Waals surface area (Å²) in [6.45, 7) is 12.0. The first-order valence-electron chi connectivity index (χ1n) is 7.23. The molecule has 1 N–H and O–H groups in total. The maximum Gasteiger partial charge on any atom is 0.137 e. The zero-order valence-electron chi connectivity index (χ0n) is 12.7. The minimum atomic E-state index is 0.525. The third-order valence-electron chi connectivity index (χ3n) is 3.60. The number of nitrogens with one attached hydrogen (secondary N) is 1. The number of rotatable bonds is 5. The average molecular weight is 259 g/mol. The quantitative estimate of drug-likeness (QED) is 0.860. The largest absolute Gasteiger partial charge is 0.464 e. The maximum atomic E-state index is 5.80. The molecular formula is C17H25NO. The van der Waals surface area contributed by atoms with Gasteiger partial charge in [0.1, 0.15) is 5.58 Å². The second-order valence-electron chi connectivity index (χ2n) is 5.95. The molecule has 0 aliphatic heterocycles. The van der Waals surface area contributed by atoms with Gasteiger partial charge in [-0.05, 0) is 42.5 Å². The Morgan fingerprint density at radius 2 is 1.89 bits per heavy atom. The fourth-order valence-electron chi connectivity index (χ4n) is 2.53. The molecule has 2 rings (SSSR count). The Hall–Kier alpha value is -1.28. The van der Waals surface area contributed by atoms with E-state index in [1.54, 1.807) is 0 Å². The van der Waals surface area contributed by atoms with Gasteiger partial charge in [-0.3, -0.25) is 0 Å². The minimum absolute atomic E-state index is 0.525. The molecule has 0 saturated heterocycles. The molecule has 1 heterocycles. The summed E-state index contributed by atoms with van der Waals surface area (Å²) in [5.74, 6) is 0.525.